The van der Waals surface area contributed by atoms with Gasteiger partial charge in [-0.15, -0.1) is 0 Å². The lowest BCUT2D eigenvalue weighted by atomic mass is 10.2. The van der Waals surface area contributed by atoms with E-state index in [1.165, 1.54) is 0 Å². The van der Waals surface area contributed by atoms with E-state index in [4.69, 9.17) is 10.7 Å². The minimum atomic E-state index is -0.116. The van der Waals surface area contributed by atoms with Gasteiger partial charge in [-0.1, -0.05) is 18.2 Å². The third-order valence-electron chi connectivity index (χ3n) is 3.97. The van der Waals surface area contributed by atoms with E-state index in [2.05, 4.69) is 29.8 Å². The molecule has 0 unspecified atom stereocenters. The Balaban J connectivity index is 1.72. The fourth-order valence-corrected chi connectivity index (χ4v) is 2.92. The SMILES string of the molecule is CC(C)n1c(CCNC(=O)c2cccc(N)c2)nc2ccccc21. The van der Waals surface area contributed by atoms with E-state index in [0.717, 1.165) is 16.9 Å². The summed E-state index contributed by atoms with van der Waals surface area (Å²) < 4.78 is 2.22. The van der Waals surface area contributed by atoms with Crippen LogP contribution in [0.25, 0.3) is 11.0 Å². The number of nitrogen functional groups attached to an aromatic ring is 1. The summed E-state index contributed by atoms with van der Waals surface area (Å²) in [6.07, 6.45) is 0.681. The molecule has 0 saturated heterocycles. The normalized spacial score (nSPS) is 11.1. The van der Waals surface area contributed by atoms with E-state index >= 15 is 0 Å². The van der Waals surface area contributed by atoms with E-state index < -0.39 is 0 Å². The number of nitrogens with two attached hydrogens (primary N) is 1. The molecule has 3 N–H and O–H groups in total. The number of nitrogens with zero attached hydrogens (tertiary/aromatic N) is 2. The van der Waals surface area contributed by atoms with Crippen molar-refractivity contribution in [3.05, 3.63) is 59.9 Å². The van der Waals surface area contributed by atoms with E-state index in [-0.39, 0.29) is 5.91 Å². The van der Waals surface area contributed by atoms with Crippen molar-refractivity contribution < 1.29 is 4.79 Å². The smallest absolute Gasteiger partial charge is 0.251 e. The second-order valence-electron chi connectivity index (χ2n) is 6.11. The molecule has 3 aromatic rings. The molecule has 1 aromatic heterocycles. The zero-order valence-electron chi connectivity index (χ0n) is 14.0. The van der Waals surface area contributed by atoms with Crippen LogP contribution in [0.4, 0.5) is 5.69 Å². The Morgan fingerprint density at radius 3 is 2.75 bits per heavy atom. The Kier molecular flexibility index (Phi) is 4.51. The molecule has 1 heterocycles. The summed E-state index contributed by atoms with van der Waals surface area (Å²) >= 11 is 0. The summed E-state index contributed by atoms with van der Waals surface area (Å²) in [5, 5.41) is 2.94. The lowest BCUT2D eigenvalue weighted by Gasteiger charge is -2.13. The zero-order chi connectivity index (χ0) is 17.1. The summed E-state index contributed by atoms with van der Waals surface area (Å²) in [4.78, 5) is 16.9. The molecule has 0 fully saturated rings. The first-order valence-corrected chi connectivity index (χ1v) is 8.16. The Morgan fingerprint density at radius 1 is 1.21 bits per heavy atom. The van der Waals surface area contributed by atoms with Crippen LogP contribution in [0.15, 0.2) is 48.5 Å². The predicted octanol–water partition coefficient (Wildman–Crippen LogP) is 3.17. The number of imidazole rings is 1. The zero-order valence-corrected chi connectivity index (χ0v) is 14.0. The molecule has 0 bridgehead atoms. The Hall–Kier alpha value is -2.82. The van der Waals surface area contributed by atoms with Gasteiger partial charge < -0.3 is 15.6 Å². The van der Waals surface area contributed by atoms with Crippen LogP contribution >= 0.6 is 0 Å². The van der Waals surface area contributed by atoms with E-state index in [1.807, 2.05) is 18.2 Å². The standard InChI is InChI=1S/C19H22N4O/c1-13(2)23-17-9-4-3-8-16(17)22-18(23)10-11-21-19(24)14-6-5-7-15(20)12-14/h3-9,12-13H,10-11,20H2,1-2H3,(H,21,24). The van der Waals surface area contributed by atoms with Gasteiger partial charge in [0.1, 0.15) is 5.82 Å². The number of nitrogens with one attached hydrogen (secondary N) is 1. The van der Waals surface area contributed by atoms with Crippen LogP contribution < -0.4 is 11.1 Å². The maximum atomic E-state index is 12.2. The molecule has 0 aliphatic rings. The predicted molar refractivity (Wildman–Crippen MR) is 97.0 cm³/mol. The molecule has 0 aliphatic carbocycles. The first kappa shape index (κ1) is 16.1. The first-order chi connectivity index (χ1) is 11.6. The average Bonchev–Trinajstić information content (AvgIpc) is 2.93. The van der Waals surface area contributed by atoms with Gasteiger partial charge in [0.15, 0.2) is 0 Å². The molecule has 1 amide bonds. The van der Waals surface area contributed by atoms with Crippen LogP contribution in [0.2, 0.25) is 0 Å². The molecule has 0 atom stereocenters. The molecule has 0 radical (unpaired) electrons. The fraction of sp³-hybridized carbons (Fsp3) is 0.263. The highest BCUT2D eigenvalue weighted by atomic mass is 16.1. The molecule has 0 saturated carbocycles. The van der Waals surface area contributed by atoms with Gasteiger partial charge in [0.25, 0.3) is 5.91 Å². The summed E-state index contributed by atoms with van der Waals surface area (Å²) in [5.74, 6) is 0.869. The highest BCUT2D eigenvalue weighted by molar-refractivity contribution is 5.94. The number of anilines is 1. The molecule has 124 valence electrons. The van der Waals surface area contributed by atoms with Crippen molar-refractivity contribution >= 4 is 22.6 Å². The van der Waals surface area contributed by atoms with Gasteiger partial charge in [-0.2, -0.15) is 0 Å². The molecular weight excluding hydrogens is 300 g/mol. The molecule has 2 aromatic carbocycles. The maximum Gasteiger partial charge on any atom is 0.251 e. The molecular formula is C19H22N4O. The second-order valence-corrected chi connectivity index (χ2v) is 6.11. The van der Waals surface area contributed by atoms with Gasteiger partial charge in [-0.25, -0.2) is 4.98 Å². The van der Waals surface area contributed by atoms with Crippen molar-refractivity contribution in [1.29, 1.82) is 0 Å². The topological polar surface area (TPSA) is 72.9 Å². The summed E-state index contributed by atoms with van der Waals surface area (Å²) in [7, 11) is 0. The first-order valence-electron chi connectivity index (χ1n) is 8.16. The molecule has 5 nitrogen and oxygen atoms in total. The minimum Gasteiger partial charge on any atom is -0.399 e. The lowest BCUT2D eigenvalue weighted by molar-refractivity contribution is 0.0954. The van der Waals surface area contributed by atoms with Gasteiger partial charge >= 0.3 is 0 Å². The van der Waals surface area contributed by atoms with Crippen molar-refractivity contribution in [3.63, 3.8) is 0 Å². The van der Waals surface area contributed by atoms with Crippen LogP contribution in [0.5, 0.6) is 0 Å². The van der Waals surface area contributed by atoms with Gasteiger partial charge in [0.2, 0.25) is 0 Å². The summed E-state index contributed by atoms with van der Waals surface area (Å²) in [6, 6.07) is 15.4. The number of hydrogen-bond acceptors (Lipinski definition) is 3. The van der Waals surface area contributed by atoms with E-state index in [0.29, 0.717) is 30.3 Å². The number of carbonyl (C=O) groups is 1. The van der Waals surface area contributed by atoms with Gasteiger partial charge in [-0.3, -0.25) is 4.79 Å². The maximum absolute atomic E-state index is 12.2. The number of fused-ring (bicyclic) bond motifs is 1. The lowest BCUT2D eigenvalue weighted by Crippen LogP contribution is -2.26. The number of aromatic nitrogens is 2. The third-order valence-corrected chi connectivity index (χ3v) is 3.97. The van der Waals surface area contributed by atoms with Crippen LogP contribution in [-0.2, 0) is 6.42 Å². The number of amides is 1. The number of rotatable bonds is 5. The van der Waals surface area contributed by atoms with Crippen molar-refractivity contribution in [3.8, 4) is 0 Å². The van der Waals surface area contributed by atoms with Crippen LogP contribution in [0.1, 0.15) is 36.1 Å². The van der Waals surface area contributed by atoms with Gasteiger partial charge in [0.05, 0.1) is 11.0 Å². The number of carbonyl (C=O) groups excluding carboxylic acids is 1. The van der Waals surface area contributed by atoms with Crippen molar-refractivity contribution in [2.75, 3.05) is 12.3 Å². The third kappa shape index (κ3) is 3.25. The molecule has 5 heteroatoms. The van der Waals surface area contributed by atoms with Crippen molar-refractivity contribution in [2.24, 2.45) is 0 Å². The largest absolute Gasteiger partial charge is 0.399 e. The van der Waals surface area contributed by atoms with Crippen LogP contribution in [0.3, 0.4) is 0 Å². The Morgan fingerprint density at radius 2 is 2.00 bits per heavy atom. The van der Waals surface area contributed by atoms with Crippen LogP contribution in [0, 0.1) is 0 Å². The fourth-order valence-electron chi connectivity index (χ4n) is 2.92. The molecule has 0 aliphatic heterocycles. The summed E-state index contributed by atoms with van der Waals surface area (Å²) in [6.45, 7) is 4.82. The highest BCUT2D eigenvalue weighted by Gasteiger charge is 2.13. The summed E-state index contributed by atoms with van der Waals surface area (Å²) in [5.41, 5.74) is 9.00. The van der Waals surface area contributed by atoms with Crippen molar-refractivity contribution in [2.45, 2.75) is 26.3 Å². The molecule has 24 heavy (non-hydrogen) atoms. The van der Waals surface area contributed by atoms with Gasteiger partial charge in [0, 0.05) is 30.3 Å². The van der Waals surface area contributed by atoms with E-state index in [9.17, 15) is 4.79 Å². The Bertz CT molecular complexity index is 867. The van der Waals surface area contributed by atoms with Gasteiger partial charge in [-0.05, 0) is 44.2 Å². The molecule has 3 rings (SSSR count). The Labute approximate surface area is 141 Å². The van der Waals surface area contributed by atoms with E-state index in [1.54, 1.807) is 24.3 Å². The van der Waals surface area contributed by atoms with Crippen LogP contribution in [-0.4, -0.2) is 22.0 Å². The monoisotopic (exact) mass is 322 g/mol. The highest BCUT2D eigenvalue weighted by Crippen LogP contribution is 2.21. The van der Waals surface area contributed by atoms with Crippen molar-refractivity contribution in [1.82, 2.24) is 14.9 Å². The number of benzene rings is 2. The number of para-hydroxylation sites is 2. The minimum absolute atomic E-state index is 0.116. The second kappa shape index (κ2) is 6.74. The number of hydrogen-bond donors (Lipinski definition) is 2. The quantitative estimate of drug-likeness (QED) is 0.709. The average molecular weight is 322 g/mol. The molecule has 0 spiro atoms.